The minimum atomic E-state index is -0.263. The van der Waals surface area contributed by atoms with Gasteiger partial charge in [0.1, 0.15) is 11.5 Å². The van der Waals surface area contributed by atoms with E-state index in [1.165, 1.54) is 7.11 Å². The molecule has 0 aliphatic heterocycles. The van der Waals surface area contributed by atoms with Crippen LogP contribution < -0.4 is 10.1 Å². The highest BCUT2D eigenvalue weighted by atomic mass is 35.5. The summed E-state index contributed by atoms with van der Waals surface area (Å²) in [6.07, 6.45) is 0.0778. The van der Waals surface area contributed by atoms with Crippen molar-refractivity contribution in [2.24, 2.45) is 0 Å². The molecule has 0 aliphatic rings. The average molecular weight is 315 g/mol. The quantitative estimate of drug-likeness (QED) is 0.938. The Hall–Kier alpha value is -1.72. The number of hydrogen-bond donors (Lipinski definition) is 1. The molecule has 1 heterocycles. The third-order valence-corrected chi connectivity index (χ3v) is 3.21. The third-order valence-electron chi connectivity index (χ3n) is 2.57. The second-order valence-electron chi connectivity index (χ2n) is 4.13. The fourth-order valence-electron chi connectivity index (χ4n) is 1.65. The summed E-state index contributed by atoms with van der Waals surface area (Å²) in [7, 11) is 1.50. The van der Waals surface area contributed by atoms with Gasteiger partial charge in [0.15, 0.2) is 5.82 Å². The number of rotatable bonds is 4. The maximum absolute atomic E-state index is 11.9. The molecule has 106 valence electrons. The lowest BCUT2D eigenvalue weighted by Gasteiger charge is -2.08. The Balaban J connectivity index is 2.09. The first-order valence-electron chi connectivity index (χ1n) is 5.74. The predicted octanol–water partition coefficient (Wildman–Crippen LogP) is 3.48. The summed E-state index contributed by atoms with van der Waals surface area (Å²) in [5, 5.41) is 7.10. The molecule has 1 amide bonds. The van der Waals surface area contributed by atoms with Crippen molar-refractivity contribution in [1.82, 2.24) is 5.16 Å². The molecular weight excluding hydrogens is 303 g/mol. The van der Waals surface area contributed by atoms with Gasteiger partial charge in [-0.3, -0.25) is 4.79 Å². The zero-order chi connectivity index (χ0) is 14.7. The highest BCUT2D eigenvalue weighted by Crippen LogP contribution is 2.31. The molecule has 0 saturated heterocycles. The predicted molar refractivity (Wildman–Crippen MR) is 76.6 cm³/mol. The van der Waals surface area contributed by atoms with Crippen LogP contribution in [-0.4, -0.2) is 18.2 Å². The molecule has 2 aromatic rings. The molecule has 0 radical (unpaired) electrons. The van der Waals surface area contributed by atoms with Crippen molar-refractivity contribution >= 4 is 34.9 Å². The van der Waals surface area contributed by atoms with Crippen LogP contribution >= 0.6 is 23.2 Å². The van der Waals surface area contributed by atoms with E-state index in [2.05, 4.69) is 10.5 Å². The largest absolute Gasteiger partial charge is 0.495 e. The van der Waals surface area contributed by atoms with Crippen LogP contribution in [0.3, 0.4) is 0 Å². The Kier molecular flexibility index (Phi) is 4.52. The van der Waals surface area contributed by atoms with Crippen molar-refractivity contribution in [3.63, 3.8) is 0 Å². The number of carbonyl (C=O) groups excluding carboxylic acids is 1. The molecular formula is C13H12Cl2N2O3. The normalized spacial score (nSPS) is 10.4. The first-order chi connectivity index (χ1) is 9.49. The molecule has 1 aromatic heterocycles. The number of hydrogen-bond acceptors (Lipinski definition) is 4. The number of carbonyl (C=O) groups is 1. The van der Waals surface area contributed by atoms with Crippen LogP contribution in [0.2, 0.25) is 10.0 Å². The van der Waals surface area contributed by atoms with E-state index in [1.807, 2.05) is 0 Å². The Morgan fingerprint density at radius 1 is 1.35 bits per heavy atom. The standard InChI is InChI=1S/C13H12Cl2N2O3/c1-7-3-12(17-20-7)16-13(18)5-8-4-10(15)11(19-2)6-9(8)14/h3-4,6H,5H2,1-2H3,(H,16,17,18). The lowest BCUT2D eigenvalue weighted by atomic mass is 10.1. The molecule has 0 atom stereocenters. The minimum absolute atomic E-state index is 0.0778. The van der Waals surface area contributed by atoms with Crippen LogP contribution in [0.1, 0.15) is 11.3 Å². The number of aromatic nitrogens is 1. The van der Waals surface area contributed by atoms with Crippen LogP contribution in [0.15, 0.2) is 22.7 Å². The molecule has 2 rings (SSSR count). The summed E-state index contributed by atoms with van der Waals surface area (Å²) in [5.74, 6) is 1.18. The first kappa shape index (κ1) is 14.7. The summed E-state index contributed by atoms with van der Waals surface area (Å²) < 4.78 is 9.91. The molecule has 0 bridgehead atoms. The van der Waals surface area contributed by atoms with Gasteiger partial charge in [0, 0.05) is 17.2 Å². The summed E-state index contributed by atoms with van der Waals surface area (Å²) in [6, 6.07) is 4.81. The number of amides is 1. The molecule has 0 unspecified atom stereocenters. The molecule has 0 saturated carbocycles. The smallest absolute Gasteiger partial charge is 0.230 e. The molecule has 0 spiro atoms. The van der Waals surface area contributed by atoms with Gasteiger partial charge in [0.2, 0.25) is 5.91 Å². The number of nitrogens with zero attached hydrogens (tertiary/aromatic N) is 1. The molecule has 7 heteroatoms. The monoisotopic (exact) mass is 314 g/mol. The van der Waals surface area contributed by atoms with Gasteiger partial charge in [0.05, 0.1) is 18.6 Å². The van der Waals surface area contributed by atoms with E-state index in [1.54, 1.807) is 25.1 Å². The average Bonchev–Trinajstić information content (AvgIpc) is 2.78. The van der Waals surface area contributed by atoms with Crippen molar-refractivity contribution < 1.29 is 14.1 Å². The van der Waals surface area contributed by atoms with Crippen molar-refractivity contribution in [2.45, 2.75) is 13.3 Å². The lowest BCUT2D eigenvalue weighted by molar-refractivity contribution is -0.115. The van der Waals surface area contributed by atoms with Gasteiger partial charge in [-0.1, -0.05) is 28.4 Å². The van der Waals surface area contributed by atoms with Gasteiger partial charge in [-0.25, -0.2) is 0 Å². The maximum Gasteiger partial charge on any atom is 0.230 e. The van der Waals surface area contributed by atoms with Crippen molar-refractivity contribution in [2.75, 3.05) is 12.4 Å². The van der Waals surface area contributed by atoms with Gasteiger partial charge in [-0.05, 0) is 18.6 Å². The minimum Gasteiger partial charge on any atom is -0.495 e. The zero-order valence-electron chi connectivity index (χ0n) is 10.9. The van der Waals surface area contributed by atoms with E-state index >= 15 is 0 Å². The van der Waals surface area contributed by atoms with Crippen LogP contribution in [0.5, 0.6) is 5.75 Å². The Bertz CT molecular complexity index is 641. The number of benzene rings is 1. The number of ether oxygens (including phenoxy) is 1. The molecule has 1 N–H and O–H groups in total. The second-order valence-corrected chi connectivity index (χ2v) is 4.94. The number of aryl methyl sites for hydroxylation is 1. The molecule has 5 nitrogen and oxygen atoms in total. The highest BCUT2D eigenvalue weighted by molar-refractivity contribution is 6.35. The van der Waals surface area contributed by atoms with E-state index < -0.39 is 0 Å². The topological polar surface area (TPSA) is 64.4 Å². The third kappa shape index (κ3) is 3.43. The number of nitrogens with one attached hydrogen (secondary N) is 1. The fourth-order valence-corrected chi connectivity index (χ4v) is 2.13. The molecule has 0 fully saturated rings. The highest BCUT2D eigenvalue weighted by Gasteiger charge is 2.12. The van der Waals surface area contributed by atoms with Crippen LogP contribution in [0.4, 0.5) is 5.82 Å². The van der Waals surface area contributed by atoms with Gasteiger partial charge in [0.25, 0.3) is 0 Å². The van der Waals surface area contributed by atoms with E-state index in [9.17, 15) is 4.79 Å². The SMILES string of the molecule is COc1cc(Cl)c(CC(=O)Nc2cc(C)on2)cc1Cl. The number of halogens is 2. The van der Waals surface area contributed by atoms with Gasteiger partial charge >= 0.3 is 0 Å². The van der Waals surface area contributed by atoms with E-state index in [0.717, 1.165) is 0 Å². The van der Waals surface area contributed by atoms with Crippen molar-refractivity contribution in [3.05, 3.63) is 39.6 Å². The second kappa shape index (κ2) is 6.15. The molecule has 1 aromatic carbocycles. The maximum atomic E-state index is 11.9. The number of anilines is 1. The van der Waals surface area contributed by atoms with Crippen molar-refractivity contribution in [1.29, 1.82) is 0 Å². The lowest BCUT2D eigenvalue weighted by Crippen LogP contribution is -2.14. The van der Waals surface area contributed by atoms with E-state index in [0.29, 0.717) is 32.9 Å². The van der Waals surface area contributed by atoms with E-state index in [-0.39, 0.29) is 12.3 Å². The Morgan fingerprint density at radius 3 is 2.70 bits per heavy atom. The van der Waals surface area contributed by atoms with Gasteiger partial charge in [-0.2, -0.15) is 0 Å². The van der Waals surface area contributed by atoms with Crippen LogP contribution in [-0.2, 0) is 11.2 Å². The molecule has 20 heavy (non-hydrogen) atoms. The van der Waals surface area contributed by atoms with Crippen LogP contribution in [0.25, 0.3) is 0 Å². The van der Waals surface area contributed by atoms with Gasteiger partial charge in [-0.15, -0.1) is 0 Å². The first-order valence-corrected chi connectivity index (χ1v) is 6.50. The molecule has 0 aliphatic carbocycles. The van der Waals surface area contributed by atoms with Gasteiger partial charge < -0.3 is 14.6 Å². The Labute approximate surface area is 125 Å². The summed E-state index contributed by atoms with van der Waals surface area (Å²) in [4.78, 5) is 11.9. The number of methoxy groups -OCH3 is 1. The van der Waals surface area contributed by atoms with E-state index in [4.69, 9.17) is 32.5 Å². The zero-order valence-corrected chi connectivity index (χ0v) is 12.4. The fraction of sp³-hybridized carbons (Fsp3) is 0.231. The van der Waals surface area contributed by atoms with Crippen LogP contribution in [0, 0.1) is 6.92 Å². The Morgan fingerprint density at radius 2 is 2.10 bits per heavy atom. The summed E-state index contributed by atoms with van der Waals surface area (Å²) in [5.41, 5.74) is 0.607. The van der Waals surface area contributed by atoms with Crippen molar-refractivity contribution in [3.8, 4) is 5.75 Å². The summed E-state index contributed by atoms with van der Waals surface area (Å²) in [6.45, 7) is 1.74. The summed E-state index contributed by atoms with van der Waals surface area (Å²) >= 11 is 12.1.